The number of likely N-dealkylation sites (tertiary alicyclic amines) is 1. The number of fused-ring (bicyclic) bond motifs is 1. The van der Waals surface area contributed by atoms with Gasteiger partial charge in [-0.2, -0.15) is 0 Å². The van der Waals surface area contributed by atoms with E-state index >= 15 is 0 Å². The van der Waals surface area contributed by atoms with Crippen molar-refractivity contribution in [3.63, 3.8) is 0 Å². The molecule has 0 bridgehead atoms. The van der Waals surface area contributed by atoms with E-state index in [4.69, 9.17) is 11.6 Å². The Morgan fingerprint density at radius 1 is 1.18 bits per heavy atom. The van der Waals surface area contributed by atoms with Crippen LogP contribution in [0.4, 0.5) is 0 Å². The largest absolute Gasteiger partial charge is 0.349 e. The molecule has 2 aromatic carbocycles. The van der Waals surface area contributed by atoms with Crippen molar-refractivity contribution in [3.8, 4) is 11.1 Å². The van der Waals surface area contributed by atoms with E-state index in [0.29, 0.717) is 29.3 Å². The number of aryl methyl sites for hydroxylation is 2. The number of aromatic nitrogens is 2. The van der Waals surface area contributed by atoms with Gasteiger partial charge in [-0.05, 0) is 48.6 Å². The average Bonchev–Trinajstić information content (AvgIpc) is 3.34. The molecule has 0 spiro atoms. The molecule has 4 aromatic rings. The number of hydrogen-bond acceptors (Lipinski definition) is 4. The third kappa shape index (κ3) is 3.92. The molecule has 8 heteroatoms. The van der Waals surface area contributed by atoms with Crippen molar-refractivity contribution >= 4 is 39.7 Å². The standard InChI is InChI=1S/C25H23ClN4O2S/c1-15-7-8-17(13-16(15)2)19-5-3-4-6-20(19)24(32)29-10-9-18(29)14-27-23(31)21-22(26)28-25-30(21)11-12-33-25/h3-8,11-13,18H,9-10,14H2,1-2H3,(H,27,31). The zero-order valence-corrected chi connectivity index (χ0v) is 19.9. The topological polar surface area (TPSA) is 66.7 Å². The fraction of sp³-hybridized carbons (Fsp3) is 0.240. The van der Waals surface area contributed by atoms with Crippen LogP contribution in [0.3, 0.4) is 0 Å². The molecule has 2 amide bonds. The third-order valence-corrected chi connectivity index (χ3v) is 7.33. The fourth-order valence-electron chi connectivity index (χ4n) is 4.16. The summed E-state index contributed by atoms with van der Waals surface area (Å²) in [6, 6.07) is 13.9. The van der Waals surface area contributed by atoms with Crippen molar-refractivity contribution in [2.45, 2.75) is 26.3 Å². The lowest BCUT2D eigenvalue weighted by Gasteiger charge is -2.41. The van der Waals surface area contributed by atoms with Crippen LogP contribution >= 0.6 is 22.9 Å². The van der Waals surface area contributed by atoms with Crippen LogP contribution in [-0.2, 0) is 0 Å². The number of nitrogens with one attached hydrogen (secondary N) is 1. The Kier molecular flexibility index (Phi) is 5.68. The Bertz CT molecular complexity index is 1380. The smallest absolute Gasteiger partial charge is 0.271 e. The summed E-state index contributed by atoms with van der Waals surface area (Å²) in [5, 5.41) is 4.97. The van der Waals surface area contributed by atoms with Gasteiger partial charge in [0.15, 0.2) is 15.8 Å². The van der Waals surface area contributed by atoms with Gasteiger partial charge < -0.3 is 10.2 Å². The summed E-state index contributed by atoms with van der Waals surface area (Å²) in [5.74, 6) is -0.308. The minimum absolute atomic E-state index is 0.0167. The van der Waals surface area contributed by atoms with E-state index in [2.05, 4.69) is 42.3 Å². The molecule has 1 aliphatic rings. The summed E-state index contributed by atoms with van der Waals surface area (Å²) < 4.78 is 1.69. The maximum absolute atomic E-state index is 13.4. The van der Waals surface area contributed by atoms with Crippen LogP contribution < -0.4 is 5.32 Å². The second-order valence-electron chi connectivity index (χ2n) is 8.30. The quantitative estimate of drug-likeness (QED) is 0.440. The molecular weight excluding hydrogens is 456 g/mol. The third-order valence-electron chi connectivity index (χ3n) is 6.31. The molecule has 0 radical (unpaired) electrons. The van der Waals surface area contributed by atoms with Gasteiger partial charge >= 0.3 is 0 Å². The van der Waals surface area contributed by atoms with Crippen LogP contribution in [0.1, 0.15) is 38.4 Å². The van der Waals surface area contributed by atoms with E-state index < -0.39 is 0 Å². The van der Waals surface area contributed by atoms with Crippen molar-refractivity contribution in [1.29, 1.82) is 0 Å². The number of carbonyl (C=O) groups is 2. The summed E-state index contributed by atoms with van der Waals surface area (Å²) >= 11 is 7.59. The molecule has 1 atom stereocenters. The minimum Gasteiger partial charge on any atom is -0.349 e. The molecule has 2 aromatic heterocycles. The number of carbonyl (C=O) groups excluding carboxylic acids is 2. The summed E-state index contributed by atoms with van der Waals surface area (Å²) in [6.07, 6.45) is 2.61. The molecule has 1 fully saturated rings. The van der Waals surface area contributed by atoms with Gasteiger partial charge in [0.1, 0.15) is 0 Å². The highest BCUT2D eigenvalue weighted by molar-refractivity contribution is 7.15. The first-order valence-corrected chi connectivity index (χ1v) is 12.1. The Morgan fingerprint density at radius 3 is 2.76 bits per heavy atom. The Balaban J connectivity index is 1.31. The first-order valence-electron chi connectivity index (χ1n) is 10.8. The first kappa shape index (κ1) is 21.7. The van der Waals surface area contributed by atoms with Crippen molar-refractivity contribution < 1.29 is 9.59 Å². The molecule has 168 valence electrons. The second kappa shape index (κ2) is 8.65. The van der Waals surface area contributed by atoms with Gasteiger partial charge in [-0.1, -0.05) is 48.0 Å². The predicted molar refractivity (Wildman–Crippen MR) is 131 cm³/mol. The number of nitrogens with zero attached hydrogens (tertiary/aromatic N) is 3. The van der Waals surface area contributed by atoms with Crippen LogP contribution in [0.15, 0.2) is 54.0 Å². The lowest BCUT2D eigenvalue weighted by atomic mass is 9.94. The monoisotopic (exact) mass is 478 g/mol. The van der Waals surface area contributed by atoms with E-state index in [9.17, 15) is 9.59 Å². The summed E-state index contributed by atoms with van der Waals surface area (Å²) in [6.45, 7) is 5.19. The Labute approximate surface area is 200 Å². The average molecular weight is 479 g/mol. The molecule has 6 nitrogen and oxygen atoms in total. The Hall–Kier alpha value is -3.16. The highest BCUT2D eigenvalue weighted by atomic mass is 35.5. The molecule has 1 saturated heterocycles. The Morgan fingerprint density at radius 2 is 2.00 bits per heavy atom. The highest BCUT2D eigenvalue weighted by Crippen LogP contribution is 2.29. The molecular formula is C25H23ClN4O2S. The molecule has 3 heterocycles. The van der Waals surface area contributed by atoms with Gasteiger partial charge in [0, 0.05) is 30.2 Å². The highest BCUT2D eigenvalue weighted by Gasteiger charge is 2.34. The predicted octanol–water partition coefficient (Wildman–Crippen LogP) is 4.98. The van der Waals surface area contributed by atoms with E-state index in [-0.39, 0.29) is 23.0 Å². The SMILES string of the molecule is Cc1ccc(-c2ccccc2C(=O)N2CCC2CNC(=O)c2c(Cl)nc3sccn23)cc1C. The number of halogens is 1. The number of benzene rings is 2. The number of imidazole rings is 1. The van der Waals surface area contributed by atoms with Gasteiger partial charge in [0.2, 0.25) is 0 Å². The van der Waals surface area contributed by atoms with Crippen molar-refractivity contribution in [1.82, 2.24) is 19.6 Å². The van der Waals surface area contributed by atoms with Crippen molar-refractivity contribution in [2.75, 3.05) is 13.1 Å². The van der Waals surface area contributed by atoms with Crippen LogP contribution in [0.5, 0.6) is 0 Å². The number of amides is 2. The number of rotatable bonds is 5. The molecule has 33 heavy (non-hydrogen) atoms. The number of thiazole rings is 1. The summed E-state index contributed by atoms with van der Waals surface area (Å²) in [5.41, 5.74) is 5.37. The number of hydrogen-bond donors (Lipinski definition) is 1. The van der Waals surface area contributed by atoms with E-state index in [1.807, 2.05) is 34.5 Å². The lowest BCUT2D eigenvalue weighted by molar-refractivity contribution is 0.0456. The zero-order chi connectivity index (χ0) is 23.1. The van der Waals surface area contributed by atoms with E-state index in [0.717, 1.165) is 17.5 Å². The second-order valence-corrected chi connectivity index (χ2v) is 9.53. The minimum atomic E-state index is -0.291. The molecule has 1 unspecified atom stereocenters. The van der Waals surface area contributed by atoms with Gasteiger partial charge in [-0.3, -0.25) is 14.0 Å². The van der Waals surface area contributed by atoms with Gasteiger partial charge in [-0.25, -0.2) is 4.98 Å². The van der Waals surface area contributed by atoms with E-state index in [1.54, 1.807) is 10.6 Å². The van der Waals surface area contributed by atoms with Crippen molar-refractivity contribution in [3.05, 3.63) is 81.6 Å². The van der Waals surface area contributed by atoms with Crippen LogP contribution in [0.25, 0.3) is 16.1 Å². The van der Waals surface area contributed by atoms with Crippen LogP contribution in [-0.4, -0.2) is 45.2 Å². The van der Waals surface area contributed by atoms with Crippen LogP contribution in [0.2, 0.25) is 5.15 Å². The first-order chi connectivity index (χ1) is 15.9. The molecule has 5 rings (SSSR count). The normalized spacial score (nSPS) is 15.5. The summed E-state index contributed by atoms with van der Waals surface area (Å²) in [7, 11) is 0. The fourth-order valence-corrected chi connectivity index (χ4v) is 5.18. The van der Waals surface area contributed by atoms with Gasteiger partial charge in [-0.15, -0.1) is 11.3 Å². The maximum atomic E-state index is 13.4. The lowest BCUT2D eigenvalue weighted by Crippen LogP contribution is -2.56. The zero-order valence-electron chi connectivity index (χ0n) is 18.3. The van der Waals surface area contributed by atoms with Crippen molar-refractivity contribution in [2.24, 2.45) is 0 Å². The van der Waals surface area contributed by atoms with E-state index in [1.165, 1.54) is 22.5 Å². The summed E-state index contributed by atoms with van der Waals surface area (Å²) in [4.78, 5) is 32.9. The van der Waals surface area contributed by atoms with Gasteiger partial charge in [0.05, 0.1) is 6.04 Å². The van der Waals surface area contributed by atoms with Gasteiger partial charge in [0.25, 0.3) is 11.8 Å². The molecule has 1 N–H and O–H groups in total. The van der Waals surface area contributed by atoms with Crippen LogP contribution in [0, 0.1) is 13.8 Å². The molecule has 0 aliphatic carbocycles. The molecule has 1 aliphatic heterocycles. The maximum Gasteiger partial charge on any atom is 0.271 e. The molecule has 0 saturated carbocycles.